The van der Waals surface area contributed by atoms with Crippen LogP contribution < -0.4 is 4.74 Å². The molecule has 0 bridgehead atoms. The Morgan fingerprint density at radius 2 is 1.69 bits per heavy atom. The third-order valence-electron chi connectivity index (χ3n) is 3.52. The normalized spacial score (nSPS) is 11.7. The Morgan fingerprint density at radius 1 is 1.08 bits per heavy atom. The van der Waals surface area contributed by atoms with Crippen LogP contribution in [0.15, 0.2) is 59.8 Å². The minimum absolute atomic E-state index is 0.101. The van der Waals surface area contributed by atoms with Crippen LogP contribution in [0.5, 0.6) is 5.75 Å². The molecule has 3 rings (SSSR count). The average molecular weight is 411 g/mol. The Balaban J connectivity index is 2.10. The molecule has 0 saturated heterocycles. The number of ether oxygens (including phenoxy) is 1. The molecule has 136 valence electrons. The van der Waals surface area contributed by atoms with Gasteiger partial charge < -0.3 is 4.74 Å². The number of hydrogen-bond donors (Lipinski definition) is 0. The van der Waals surface area contributed by atoms with E-state index in [0.29, 0.717) is 11.3 Å². The molecule has 5 nitrogen and oxygen atoms in total. The number of halogens is 2. The number of imidazole rings is 1. The zero-order valence-electron chi connectivity index (χ0n) is 14.1. The molecule has 0 aliphatic heterocycles. The van der Waals surface area contributed by atoms with Gasteiger partial charge in [-0.1, -0.05) is 41.4 Å². The van der Waals surface area contributed by atoms with Gasteiger partial charge in [0.2, 0.25) is 0 Å². The van der Waals surface area contributed by atoms with E-state index in [1.54, 1.807) is 30.3 Å². The van der Waals surface area contributed by atoms with Crippen LogP contribution in [0.2, 0.25) is 10.0 Å². The summed E-state index contributed by atoms with van der Waals surface area (Å²) in [4.78, 5) is 4.34. The largest absolute Gasteiger partial charge is 0.488 e. The van der Waals surface area contributed by atoms with Gasteiger partial charge in [0.15, 0.2) is 11.6 Å². The van der Waals surface area contributed by atoms with Crippen molar-refractivity contribution in [3.63, 3.8) is 0 Å². The van der Waals surface area contributed by atoms with Crippen LogP contribution in [0.1, 0.15) is 13.8 Å². The number of nitrogens with zero attached hydrogens (tertiary/aromatic N) is 2. The predicted molar refractivity (Wildman–Crippen MR) is 102 cm³/mol. The van der Waals surface area contributed by atoms with Gasteiger partial charge >= 0.3 is 0 Å². The van der Waals surface area contributed by atoms with Crippen molar-refractivity contribution in [2.24, 2.45) is 0 Å². The highest BCUT2D eigenvalue weighted by atomic mass is 35.5. The fourth-order valence-electron chi connectivity index (χ4n) is 2.43. The van der Waals surface area contributed by atoms with Crippen LogP contribution in [-0.4, -0.2) is 23.5 Å². The maximum atomic E-state index is 12.9. The van der Waals surface area contributed by atoms with Gasteiger partial charge in [-0.05, 0) is 38.1 Å². The number of aromatic nitrogens is 2. The first kappa shape index (κ1) is 18.8. The molecule has 2 aromatic carbocycles. The topological polar surface area (TPSA) is 61.2 Å². The second-order valence-electron chi connectivity index (χ2n) is 5.80. The summed E-state index contributed by atoms with van der Waals surface area (Å²) in [6.07, 6.45) is 2.70. The summed E-state index contributed by atoms with van der Waals surface area (Å²) >= 11 is 12.6. The molecule has 0 aliphatic rings. The predicted octanol–water partition coefficient (Wildman–Crippen LogP) is 4.88. The quantitative estimate of drug-likeness (QED) is 0.600. The molecule has 0 saturated carbocycles. The Morgan fingerprint density at radius 3 is 2.27 bits per heavy atom. The van der Waals surface area contributed by atoms with Gasteiger partial charge in [0, 0.05) is 18.0 Å². The van der Waals surface area contributed by atoms with Gasteiger partial charge in [-0.15, -0.1) is 0 Å². The highest BCUT2D eigenvalue weighted by Crippen LogP contribution is 2.38. The first-order chi connectivity index (χ1) is 12.3. The zero-order chi connectivity index (χ0) is 18.9. The van der Waals surface area contributed by atoms with Crippen LogP contribution in [-0.2, 0) is 10.0 Å². The molecule has 0 spiro atoms. The minimum Gasteiger partial charge on any atom is -0.488 e. The van der Waals surface area contributed by atoms with Crippen molar-refractivity contribution in [1.29, 1.82) is 0 Å². The van der Waals surface area contributed by atoms with E-state index >= 15 is 0 Å². The van der Waals surface area contributed by atoms with Crippen molar-refractivity contribution in [2.45, 2.75) is 24.8 Å². The van der Waals surface area contributed by atoms with E-state index in [-0.39, 0.29) is 26.9 Å². The maximum Gasteiger partial charge on any atom is 0.269 e. The van der Waals surface area contributed by atoms with E-state index in [9.17, 15) is 8.42 Å². The van der Waals surface area contributed by atoms with Gasteiger partial charge in [-0.25, -0.2) is 17.4 Å². The molecule has 0 amide bonds. The molecule has 0 N–H and O–H groups in total. The van der Waals surface area contributed by atoms with Crippen LogP contribution in [0.4, 0.5) is 0 Å². The second-order valence-corrected chi connectivity index (χ2v) is 8.43. The molecule has 0 unspecified atom stereocenters. The van der Waals surface area contributed by atoms with Crippen molar-refractivity contribution >= 4 is 33.2 Å². The summed E-state index contributed by atoms with van der Waals surface area (Å²) in [5.41, 5.74) is 0.473. The molecule has 8 heteroatoms. The monoisotopic (exact) mass is 410 g/mol. The van der Waals surface area contributed by atoms with Gasteiger partial charge in [-0.3, -0.25) is 0 Å². The molecule has 26 heavy (non-hydrogen) atoms. The zero-order valence-corrected chi connectivity index (χ0v) is 16.4. The lowest BCUT2D eigenvalue weighted by Gasteiger charge is -2.15. The van der Waals surface area contributed by atoms with E-state index in [2.05, 4.69) is 4.98 Å². The summed E-state index contributed by atoms with van der Waals surface area (Å²) in [6, 6.07) is 11.3. The highest BCUT2D eigenvalue weighted by Gasteiger charge is 2.22. The van der Waals surface area contributed by atoms with Crippen LogP contribution in [0.3, 0.4) is 0 Å². The second kappa shape index (κ2) is 7.31. The summed E-state index contributed by atoms with van der Waals surface area (Å²) in [5, 5.41) is 0.570. The third kappa shape index (κ3) is 3.58. The fourth-order valence-corrected chi connectivity index (χ4v) is 4.33. The molecule has 3 aromatic rings. The lowest BCUT2D eigenvalue weighted by Crippen LogP contribution is -2.13. The number of benzene rings is 2. The third-order valence-corrected chi connectivity index (χ3v) is 5.76. The van der Waals surface area contributed by atoms with Gasteiger partial charge in [-0.2, -0.15) is 0 Å². The average Bonchev–Trinajstić information content (AvgIpc) is 3.09. The molecular weight excluding hydrogens is 395 g/mol. The van der Waals surface area contributed by atoms with E-state index < -0.39 is 10.0 Å². The summed E-state index contributed by atoms with van der Waals surface area (Å²) in [6.45, 7) is 3.72. The smallest absolute Gasteiger partial charge is 0.269 e. The summed E-state index contributed by atoms with van der Waals surface area (Å²) in [7, 11) is -3.79. The first-order valence-corrected chi connectivity index (χ1v) is 10.0. The van der Waals surface area contributed by atoms with Crippen molar-refractivity contribution in [3.8, 4) is 17.1 Å². The summed E-state index contributed by atoms with van der Waals surface area (Å²) < 4.78 is 32.5. The van der Waals surface area contributed by atoms with Crippen LogP contribution in [0, 0.1) is 0 Å². The number of rotatable bonds is 5. The lowest BCUT2D eigenvalue weighted by molar-refractivity contribution is 0.243. The van der Waals surface area contributed by atoms with E-state index in [4.69, 9.17) is 27.9 Å². The number of hydrogen-bond acceptors (Lipinski definition) is 4. The molecular formula is C18H16Cl2N2O3S. The van der Waals surface area contributed by atoms with E-state index in [1.165, 1.54) is 24.5 Å². The van der Waals surface area contributed by atoms with Crippen molar-refractivity contribution < 1.29 is 13.2 Å². The Kier molecular flexibility index (Phi) is 5.27. The van der Waals surface area contributed by atoms with Crippen molar-refractivity contribution in [2.75, 3.05) is 0 Å². The van der Waals surface area contributed by atoms with Crippen molar-refractivity contribution in [1.82, 2.24) is 8.96 Å². The highest BCUT2D eigenvalue weighted by molar-refractivity contribution is 7.90. The van der Waals surface area contributed by atoms with E-state index in [1.807, 2.05) is 13.8 Å². The SMILES string of the molecule is CC(C)Oc1c(Cl)cc(-c2nccn2S(=O)(=O)c2ccccc2)cc1Cl. The summed E-state index contributed by atoms with van der Waals surface area (Å²) in [5.74, 6) is 0.574. The lowest BCUT2D eigenvalue weighted by atomic mass is 10.2. The standard InChI is InChI=1S/C18H16Cl2N2O3S/c1-12(2)25-17-15(19)10-13(11-16(17)20)18-21-8-9-22(18)26(23,24)14-6-4-3-5-7-14/h3-12H,1-2H3. The Hall–Kier alpha value is -2.02. The van der Waals surface area contributed by atoms with E-state index in [0.717, 1.165) is 3.97 Å². The fraction of sp³-hybridized carbons (Fsp3) is 0.167. The van der Waals surface area contributed by atoms with Gasteiger partial charge in [0.25, 0.3) is 10.0 Å². The molecule has 0 atom stereocenters. The van der Waals surface area contributed by atoms with Crippen LogP contribution in [0.25, 0.3) is 11.4 Å². The van der Waals surface area contributed by atoms with Crippen molar-refractivity contribution in [3.05, 3.63) is 64.9 Å². The first-order valence-electron chi connectivity index (χ1n) is 7.80. The molecule has 0 fully saturated rings. The molecule has 0 radical (unpaired) electrons. The molecule has 1 aromatic heterocycles. The Bertz CT molecular complexity index is 1010. The molecule has 1 heterocycles. The van der Waals surface area contributed by atoms with Gasteiger partial charge in [0.05, 0.1) is 21.0 Å². The molecule has 0 aliphatic carbocycles. The maximum absolute atomic E-state index is 12.9. The Labute approximate surface area is 162 Å². The minimum atomic E-state index is -3.79. The van der Waals surface area contributed by atoms with Gasteiger partial charge in [0.1, 0.15) is 0 Å². The van der Waals surface area contributed by atoms with Crippen LogP contribution >= 0.6 is 23.2 Å².